The standard InChI is InChI=1S/C18H25N3O2.C7H8.C5H12.C3H8/c1-2-6-18(7-3-1)21-11-9-20(10-12-21)13-16-22-14-4-5-17-8-15-23-19-17;1-7-5-3-2-4-6-7;1-3-5-4-2;1-3-2/h1-3,6-8,15H,4-5,9-14,16H2;2-6H,1H3;3-5H2,1-2H3;3H2,1-2H3. The van der Waals surface area contributed by atoms with Crippen molar-refractivity contribution in [3.05, 3.63) is 84.3 Å². The number of piperazine rings is 1. The van der Waals surface area contributed by atoms with E-state index in [-0.39, 0.29) is 0 Å². The molecule has 0 saturated carbocycles. The van der Waals surface area contributed by atoms with E-state index in [1.54, 1.807) is 6.26 Å². The number of rotatable bonds is 10. The average molecular weight is 524 g/mol. The van der Waals surface area contributed by atoms with Crippen molar-refractivity contribution >= 4 is 5.69 Å². The van der Waals surface area contributed by atoms with Crippen molar-refractivity contribution < 1.29 is 9.26 Å². The van der Waals surface area contributed by atoms with Gasteiger partial charge in [-0.3, -0.25) is 4.90 Å². The lowest BCUT2D eigenvalue weighted by Gasteiger charge is -2.36. The maximum absolute atomic E-state index is 5.73. The molecule has 0 unspecified atom stereocenters. The number of hydrogen-bond acceptors (Lipinski definition) is 5. The van der Waals surface area contributed by atoms with E-state index >= 15 is 0 Å². The van der Waals surface area contributed by atoms with Crippen LogP contribution in [0.1, 0.15) is 71.1 Å². The van der Waals surface area contributed by atoms with Crippen molar-refractivity contribution in [3.63, 3.8) is 0 Å². The molecule has 5 heteroatoms. The van der Waals surface area contributed by atoms with Crippen LogP contribution in [0.4, 0.5) is 5.69 Å². The molecule has 1 fully saturated rings. The van der Waals surface area contributed by atoms with Crippen LogP contribution >= 0.6 is 0 Å². The lowest BCUT2D eigenvalue weighted by molar-refractivity contribution is 0.0997. The van der Waals surface area contributed by atoms with Crippen LogP contribution in [0.2, 0.25) is 0 Å². The van der Waals surface area contributed by atoms with E-state index in [1.165, 1.54) is 36.9 Å². The zero-order valence-corrected chi connectivity index (χ0v) is 24.8. The minimum Gasteiger partial charge on any atom is -0.380 e. The van der Waals surface area contributed by atoms with Crippen molar-refractivity contribution in [2.75, 3.05) is 50.8 Å². The van der Waals surface area contributed by atoms with Gasteiger partial charge in [0.2, 0.25) is 0 Å². The normalized spacial score (nSPS) is 12.8. The third kappa shape index (κ3) is 17.0. The Hall–Kier alpha value is -2.63. The number of para-hydroxylation sites is 1. The number of nitrogens with zero attached hydrogens (tertiary/aromatic N) is 3. The van der Waals surface area contributed by atoms with Gasteiger partial charge in [-0.05, 0) is 31.9 Å². The fourth-order valence-electron chi connectivity index (χ4n) is 3.77. The molecular formula is C33H53N3O2. The number of unbranched alkanes of at least 4 members (excludes halogenated alkanes) is 2. The van der Waals surface area contributed by atoms with Gasteiger partial charge in [0.1, 0.15) is 6.26 Å². The van der Waals surface area contributed by atoms with Crippen LogP contribution < -0.4 is 4.90 Å². The highest BCUT2D eigenvalue weighted by Gasteiger charge is 2.16. The Morgan fingerprint density at radius 3 is 1.84 bits per heavy atom. The number of benzene rings is 2. The van der Waals surface area contributed by atoms with Gasteiger partial charge in [-0.2, -0.15) is 0 Å². The first-order valence-corrected chi connectivity index (χ1v) is 14.6. The number of hydrogen-bond donors (Lipinski definition) is 0. The molecule has 3 aromatic rings. The molecule has 0 aliphatic carbocycles. The fraction of sp³-hybridized carbons (Fsp3) is 0.545. The first kappa shape index (κ1) is 33.4. The number of ether oxygens (including phenoxy) is 1. The molecule has 0 atom stereocenters. The first-order chi connectivity index (χ1) is 18.6. The highest BCUT2D eigenvalue weighted by atomic mass is 16.5. The first-order valence-electron chi connectivity index (χ1n) is 14.6. The van der Waals surface area contributed by atoms with Gasteiger partial charge in [0.05, 0.1) is 12.3 Å². The van der Waals surface area contributed by atoms with Crippen LogP contribution in [0.15, 0.2) is 77.5 Å². The van der Waals surface area contributed by atoms with E-state index in [1.807, 2.05) is 24.3 Å². The zero-order valence-electron chi connectivity index (χ0n) is 24.8. The van der Waals surface area contributed by atoms with E-state index in [0.717, 1.165) is 64.5 Å². The SMILES string of the molecule is CCC.CCCCC.Cc1ccccc1.c1ccc(N2CCN(CCOCCCc3ccon3)CC2)cc1. The molecule has 4 rings (SSSR count). The Morgan fingerprint density at radius 2 is 1.37 bits per heavy atom. The van der Waals surface area contributed by atoms with Crippen LogP contribution in [0, 0.1) is 6.92 Å². The molecule has 0 spiro atoms. The second-order valence-electron chi connectivity index (χ2n) is 9.59. The maximum atomic E-state index is 5.73. The summed E-state index contributed by atoms with van der Waals surface area (Å²) in [7, 11) is 0. The molecule has 1 aromatic heterocycles. The van der Waals surface area contributed by atoms with Gasteiger partial charge in [0, 0.05) is 51.1 Å². The quantitative estimate of drug-likeness (QED) is 0.251. The van der Waals surface area contributed by atoms with Crippen LogP contribution in [0.3, 0.4) is 0 Å². The molecule has 2 heterocycles. The molecule has 0 bridgehead atoms. The number of aromatic nitrogens is 1. The fourth-order valence-corrected chi connectivity index (χ4v) is 3.77. The van der Waals surface area contributed by atoms with E-state index in [0.29, 0.717) is 0 Å². The van der Waals surface area contributed by atoms with E-state index < -0.39 is 0 Å². The Labute approximate surface area is 233 Å². The highest BCUT2D eigenvalue weighted by Crippen LogP contribution is 2.15. The number of aryl methyl sites for hydroxylation is 2. The monoisotopic (exact) mass is 523 g/mol. The second-order valence-corrected chi connectivity index (χ2v) is 9.59. The molecule has 0 radical (unpaired) electrons. The van der Waals surface area contributed by atoms with Crippen molar-refractivity contribution in [1.82, 2.24) is 10.1 Å². The third-order valence-electron chi connectivity index (χ3n) is 5.91. The van der Waals surface area contributed by atoms with Gasteiger partial charge < -0.3 is 14.2 Å². The summed E-state index contributed by atoms with van der Waals surface area (Å²) in [6.45, 7) is 17.8. The van der Waals surface area contributed by atoms with Crippen molar-refractivity contribution in [2.45, 2.75) is 73.1 Å². The Balaban J connectivity index is 0.000000393. The predicted octanol–water partition coefficient (Wildman–Crippen LogP) is 8.05. The van der Waals surface area contributed by atoms with E-state index in [4.69, 9.17) is 9.26 Å². The Morgan fingerprint density at radius 1 is 0.763 bits per heavy atom. The molecule has 0 amide bonds. The van der Waals surface area contributed by atoms with Gasteiger partial charge in [-0.15, -0.1) is 0 Å². The second kappa shape index (κ2) is 23.5. The van der Waals surface area contributed by atoms with Gasteiger partial charge >= 0.3 is 0 Å². The smallest absolute Gasteiger partial charge is 0.124 e. The van der Waals surface area contributed by atoms with E-state index in [9.17, 15) is 0 Å². The third-order valence-corrected chi connectivity index (χ3v) is 5.91. The van der Waals surface area contributed by atoms with Gasteiger partial charge in [-0.25, -0.2) is 0 Å². The topological polar surface area (TPSA) is 41.7 Å². The molecule has 5 nitrogen and oxygen atoms in total. The maximum Gasteiger partial charge on any atom is 0.124 e. The summed E-state index contributed by atoms with van der Waals surface area (Å²) in [6, 6.07) is 22.8. The average Bonchev–Trinajstić information content (AvgIpc) is 3.47. The summed E-state index contributed by atoms with van der Waals surface area (Å²) in [6.07, 6.45) is 8.86. The molecule has 0 N–H and O–H groups in total. The van der Waals surface area contributed by atoms with Crippen LogP contribution in [0.25, 0.3) is 0 Å². The Kier molecular flexibility index (Phi) is 20.6. The summed E-state index contributed by atoms with van der Waals surface area (Å²) in [5.74, 6) is 0. The van der Waals surface area contributed by atoms with E-state index in [2.05, 4.69) is 92.0 Å². The molecule has 1 aliphatic rings. The summed E-state index contributed by atoms with van der Waals surface area (Å²) >= 11 is 0. The molecule has 2 aromatic carbocycles. The summed E-state index contributed by atoms with van der Waals surface area (Å²) < 4.78 is 10.5. The summed E-state index contributed by atoms with van der Waals surface area (Å²) in [4.78, 5) is 4.94. The molecule has 1 saturated heterocycles. The van der Waals surface area contributed by atoms with Gasteiger partial charge in [-0.1, -0.05) is 113 Å². The van der Waals surface area contributed by atoms with Crippen molar-refractivity contribution in [3.8, 4) is 0 Å². The number of anilines is 1. The van der Waals surface area contributed by atoms with Crippen LogP contribution in [0.5, 0.6) is 0 Å². The van der Waals surface area contributed by atoms with Crippen molar-refractivity contribution in [2.24, 2.45) is 0 Å². The molecule has 1 aliphatic heterocycles. The van der Waals surface area contributed by atoms with Gasteiger partial charge in [0.15, 0.2) is 0 Å². The van der Waals surface area contributed by atoms with Gasteiger partial charge in [0.25, 0.3) is 0 Å². The van der Waals surface area contributed by atoms with Crippen molar-refractivity contribution in [1.29, 1.82) is 0 Å². The minimum absolute atomic E-state index is 0.789. The molecule has 38 heavy (non-hydrogen) atoms. The zero-order chi connectivity index (χ0) is 27.7. The Bertz CT molecular complexity index is 846. The molecular weight excluding hydrogens is 470 g/mol. The summed E-state index contributed by atoms with van der Waals surface area (Å²) in [5, 5.41) is 3.90. The van der Waals surface area contributed by atoms with Crippen LogP contribution in [-0.4, -0.2) is 56.0 Å². The largest absolute Gasteiger partial charge is 0.380 e. The lowest BCUT2D eigenvalue weighted by atomic mass is 10.2. The highest BCUT2D eigenvalue weighted by molar-refractivity contribution is 5.46. The summed E-state index contributed by atoms with van der Waals surface area (Å²) in [5.41, 5.74) is 3.66. The predicted molar refractivity (Wildman–Crippen MR) is 163 cm³/mol. The minimum atomic E-state index is 0.789. The molecule has 212 valence electrons. The lowest BCUT2D eigenvalue weighted by Crippen LogP contribution is -2.47. The van der Waals surface area contributed by atoms with Crippen LogP contribution in [-0.2, 0) is 11.2 Å².